The molecule has 0 fully saturated rings. The Balaban J connectivity index is 2.14. The van der Waals surface area contributed by atoms with Crippen molar-refractivity contribution in [3.05, 3.63) is 24.1 Å². The quantitative estimate of drug-likeness (QED) is 0.627. The van der Waals surface area contributed by atoms with Crippen LogP contribution >= 0.6 is 0 Å². The van der Waals surface area contributed by atoms with Gasteiger partial charge in [-0.3, -0.25) is 0 Å². The first-order chi connectivity index (χ1) is 5.84. The van der Waals surface area contributed by atoms with Crippen LogP contribution in [0.5, 0.6) is 0 Å². The monoisotopic (exact) mass is 165 g/mol. The second-order valence-corrected chi connectivity index (χ2v) is 2.33. The van der Waals surface area contributed by atoms with Gasteiger partial charge >= 0.3 is 0 Å². The van der Waals surface area contributed by atoms with Crippen LogP contribution in [0.15, 0.2) is 16.9 Å². The second-order valence-electron chi connectivity index (χ2n) is 2.33. The van der Waals surface area contributed by atoms with Crippen molar-refractivity contribution in [3.63, 3.8) is 0 Å². The molecule has 0 aromatic carbocycles. The average Bonchev–Trinajstić information content (AvgIpc) is 2.63. The Morgan fingerprint density at radius 3 is 3.08 bits per heavy atom. The zero-order valence-electron chi connectivity index (χ0n) is 6.51. The van der Waals surface area contributed by atoms with E-state index in [-0.39, 0.29) is 0 Å². The lowest BCUT2D eigenvalue weighted by Crippen LogP contribution is -2.02. The lowest BCUT2D eigenvalue weighted by atomic mass is 10.6. The molecule has 2 aromatic rings. The molecule has 2 heterocycles. The van der Waals surface area contributed by atoms with E-state index in [1.165, 1.54) is 0 Å². The van der Waals surface area contributed by atoms with Gasteiger partial charge in [-0.2, -0.15) is 4.98 Å². The Kier molecular flexibility index (Phi) is 1.58. The number of nitrogens with zero attached hydrogens (tertiary/aromatic N) is 5. The summed E-state index contributed by atoms with van der Waals surface area (Å²) in [6.07, 6.45) is 3.35. The first kappa shape index (κ1) is 6.96. The topological polar surface area (TPSA) is 69.6 Å². The molecule has 0 atom stereocenters. The maximum Gasteiger partial charge on any atom is 0.223 e. The van der Waals surface area contributed by atoms with Crippen molar-refractivity contribution in [2.45, 2.75) is 13.5 Å². The summed E-state index contributed by atoms with van der Waals surface area (Å²) in [5, 5.41) is 11.1. The third-order valence-corrected chi connectivity index (χ3v) is 1.34. The largest absolute Gasteiger partial charge is 0.340 e. The van der Waals surface area contributed by atoms with Crippen LogP contribution in [-0.2, 0) is 6.54 Å². The highest BCUT2D eigenvalue weighted by molar-refractivity contribution is 4.84. The highest BCUT2D eigenvalue weighted by atomic mass is 16.5. The van der Waals surface area contributed by atoms with Crippen LogP contribution in [0.2, 0.25) is 0 Å². The van der Waals surface area contributed by atoms with Crippen molar-refractivity contribution < 1.29 is 4.52 Å². The van der Waals surface area contributed by atoms with Crippen LogP contribution in [-0.4, -0.2) is 25.1 Å². The first-order valence-electron chi connectivity index (χ1n) is 3.48. The fraction of sp³-hybridized carbons (Fsp3) is 0.333. The van der Waals surface area contributed by atoms with Crippen molar-refractivity contribution in [1.82, 2.24) is 25.1 Å². The van der Waals surface area contributed by atoms with Crippen LogP contribution < -0.4 is 0 Å². The highest BCUT2D eigenvalue weighted by Crippen LogP contribution is 1.96. The molecular weight excluding hydrogens is 158 g/mol. The van der Waals surface area contributed by atoms with Crippen LogP contribution in [0.4, 0.5) is 0 Å². The van der Waals surface area contributed by atoms with Gasteiger partial charge in [0.2, 0.25) is 5.89 Å². The van der Waals surface area contributed by atoms with E-state index in [9.17, 15) is 0 Å². The van der Waals surface area contributed by atoms with Gasteiger partial charge < -0.3 is 4.52 Å². The summed E-state index contributed by atoms with van der Waals surface area (Å²) >= 11 is 0. The molecule has 0 unspecified atom stereocenters. The molecule has 0 aliphatic rings. The summed E-state index contributed by atoms with van der Waals surface area (Å²) in [6.45, 7) is 2.25. The number of aromatic nitrogens is 5. The fourth-order valence-corrected chi connectivity index (χ4v) is 0.867. The number of rotatable bonds is 2. The smallest absolute Gasteiger partial charge is 0.223 e. The van der Waals surface area contributed by atoms with Crippen LogP contribution in [0.25, 0.3) is 0 Å². The molecule has 62 valence electrons. The van der Waals surface area contributed by atoms with Crippen molar-refractivity contribution in [3.8, 4) is 0 Å². The molecular formula is C6H7N5O. The third-order valence-electron chi connectivity index (χ3n) is 1.34. The summed E-state index contributed by atoms with van der Waals surface area (Å²) in [5.74, 6) is 1.17. The summed E-state index contributed by atoms with van der Waals surface area (Å²) in [6, 6.07) is 0. The van der Waals surface area contributed by atoms with E-state index in [4.69, 9.17) is 4.52 Å². The molecule has 6 nitrogen and oxygen atoms in total. The van der Waals surface area contributed by atoms with Crippen LogP contribution in [0, 0.1) is 6.92 Å². The van der Waals surface area contributed by atoms with Gasteiger partial charge in [0.1, 0.15) is 6.54 Å². The first-order valence-corrected chi connectivity index (χ1v) is 3.48. The summed E-state index contributed by atoms with van der Waals surface area (Å²) in [5.41, 5.74) is 0. The predicted octanol–water partition coefficient (Wildman–Crippen LogP) is 0.0178. The molecule has 6 heteroatoms. The minimum Gasteiger partial charge on any atom is -0.340 e. The van der Waals surface area contributed by atoms with Gasteiger partial charge in [-0.05, 0) is 0 Å². The van der Waals surface area contributed by atoms with E-state index in [0.717, 1.165) is 0 Å². The summed E-state index contributed by atoms with van der Waals surface area (Å²) in [7, 11) is 0. The molecule has 0 aliphatic carbocycles. The van der Waals surface area contributed by atoms with Crippen LogP contribution in [0.1, 0.15) is 11.7 Å². The lowest BCUT2D eigenvalue weighted by Gasteiger charge is -1.90. The van der Waals surface area contributed by atoms with E-state index in [2.05, 4.69) is 20.5 Å². The maximum atomic E-state index is 4.79. The van der Waals surface area contributed by atoms with Crippen molar-refractivity contribution in [2.24, 2.45) is 0 Å². The van der Waals surface area contributed by atoms with Gasteiger partial charge in [0.15, 0.2) is 5.82 Å². The number of aryl methyl sites for hydroxylation is 1. The lowest BCUT2D eigenvalue weighted by molar-refractivity contribution is 0.385. The van der Waals surface area contributed by atoms with Gasteiger partial charge in [0.05, 0.1) is 6.20 Å². The summed E-state index contributed by atoms with van der Waals surface area (Å²) < 4.78 is 6.42. The van der Waals surface area contributed by atoms with Gasteiger partial charge in [0, 0.05) is 13.1 Å². The fourth-order valence-electron chi connectivity index (χ4n) is 0.867. The molecule has 0 bridgehead atoms. The zero-order valence-corrected chi connectivity index (χ0v) is 6.51. The third kappa shape index (κ3) is 1.31. The van der Waals surface area contributed by atoms with E-state index in [1.54, 1.807) is 24.0 Å². The molecule has 0 radical (unpaired) electrons. The standard InChI is InChI=1S/C6H7N5O/c1-5-8-6(9-12-5)4-11-3-2-7-10-11/h2-3H,4H2,1H3. The summed E-state index contributed by atoms with van der Waals surface area (Å²) in [4.78, 5) is 4.02. The maximum absolute atomic E-state index is 4.79. The Bertz CT molecular complexity index is 352. The molecule has 0 saturated carbocycles. The Hall–Kier alpha value is -1.72. The second kappa shape index (κ2) is 2.72. The number of hydrogen-bond donors (Lipinski definition) is 0. The molecule has 2 rings (SSSR count). The minimum atomic E-state index is 0.497. The average molecular weight is 165 g/mol. The highest BCUT2D eigenvalue weighted by Gasteiger charge is 2.02. The van der Waals surface area contributed by atoms with Crippen molar-refractivity contribution in [2.75, 3.05) is 0 Å². The molecule has 0 N–H and O–H groups in total. The van der Waals surface area contributed by atoms with Crippen LogP contribution in [0.3, 0.4) is 0 Å². The zero-order chi connectivity index (χ0) is 8.39. The van der Waals surface area contributed by atoms with E-state index >= 15 is 0 Å². The molecule has 0 aliphatic heterocycles. The van der Waals surface area contributed by atoms with Gasteiger partial charge in [-0.25, -0.2) is 4.68 Å². The normalized spacial score (nSPS) is 10.4. The Morgan fingerprint density at radius 2 is 2.50 bits per heavy atom. The van der Waals surface area contributed by atoms with Crippen molar-refractivity contribution in [1.29, 1.82) is 0 Å². The van der Waals surface area contributed by atoms with Crippen molar-refractivity contribution >= 4 is 0 Å². The van der Waals surface area contributed by atoms with E-state index in [0.29, 0.717) is 18.3 Å². The molecule has 12 heavy (non-hydrogen) atoms. The molecule has 0 saturated heterocycles. The van der Waals surface area contributed by atoms with E-state index in [1.807, 2.05) is 0 Å². The van der Waals surface area contributed by atoms with Gasteiger partial charge in [-0.15, -0.1) is 5.10 Å². The van der Waals surface area contributed by atoms with Gasteiger partial charge in [-0.1, -0.05) is 10.4 Å². The predicted molar refractivity (Wildman–Crippen MR) is 38.2 cm³/mol. The van der Waals surface area contributed by atoms with Gasteiger partial charge in [0.25, 0.3) is 0 Å². The SMILES string of the molecule is Cc1nc(Cn2ccnn2)no1. The molecule has 2 aromatic heterocycles. The van der Waals surface area contributed by atoms with E-state index < -0.39 is 0 Å². The number of hydrogen-bond acceptors (Lipinski definition) is 5. The molecule has 0 spiro atoms. The molecule has 0 amide bonds. The minimum absolute atomic E-state index is 0.497. The Labute approximate surface area is 68.2 Å². The Morgan fingerprint density at radius 1 is 1.58 bits per heavy atom.